The normalized spacial score (nSPS) is 27.2. The molecule has 0 aromatic carbocycles. The minimum Gasteiger partial charge on any atom is -0.388 e. The van der Waals surface area contributed by atoms with Crippen LogP contribution in [0.1, 0.15) is 24.7 Å². The summed E-state index contributed by atoms with van der Waals surface area (Å²) in [6, 6.07) is 0.405. The fourth-order valence-corrected chi connectivity index (χ4v) is 1.64. The number of aliphatic hydroxyl groups is 1. The number of methoxy groups -OCH3 is 1. The summed E-state index contributed by atoms with van der Waals surface area (Å²) in [5, 5.41) is 16.5. The first kappa shape index (κ1) is 8.65. The zero-order valence-electron chi connectivity index (χ0n) is 7.55. The molecule has 1 aromatic rings. The molecule has 1 N–H and O–H groups in total. The first-order valence-electron chi connectivity index (χ1n) is 4.37. The topological polar surface area (TPSA) is 60.2 Å². The molecule has 5 nitrogen and oxygen atoms in total. The number of nitrogens with zero attached hydrogens (tertiary/aromatic N) is 3. The average molecular weight is 183 g/mol. The average Bonchev–Trinajstić information content (AvgIpc) is 2.50. The molecule has 5 heteroatoms. The van der Waals surface area contributed by atoms with Gasteiger partial charge in [0.15, 0.2) is 5.82 Å². The summed E-state index contributed by atoms with van der Waals surface area (Å²) in [6.07, 6.45) is 4.00. The van der Waals surface area contributed by atoms with E-state index in [1.165, 1.54) is 0 Å². The van der Waals surface area contributed by atoms with Crippen molar-refractivity contribution in [1.82, 2.24) is 14.8 Å². The standard InChI is InChI=1S/C8H13N3O2/c1-13-7-2-6(3-7)11-5-9-10-8(11)4-12/h5-7,12H,2-4H2,1H3. The van der Waals surface area contributed by atoms with Crippen molar-refractivity contribution in [3.63, 3.8) is 0 Å². The lowest BCUT2D eigenvalue weighted by atomic mass is 9.89. The molecule has 0 saturated heterocycles. The van der Waals surface area contributed by atoms with Gasteiger partial charge in [0.2, 0.25) is 0 Å². The minimum absolute atomic E-state index is 0.0475. The van der Waals surface area contributed by atoms with Crippen LogP contribution in [0.2, 0.25) is 0 Å². The summed E-state index contributed by atoms with van der Waals surface area (Å²) in [5.41, 5.74) is 0. The van der Waals surface area contributed by atoms with Crippen LogP contribution in [0.15, 0.2) is 6.33 Å². The highest BCUT2D eigenvalue weighted by Crippen LogP contribution is 2.34. The molecule has 0 unspecified atom stereocenters. The monoisotopic (exact) mass is 183 g/mol. The van der Waals surface area contributed by atoms with Gasteiger partial charge < -0.3 is 14.4 Å². The van der Waals surface area contributed by atoms with Crippen molar-refractivity contribution in [1.29, 1.82) is 0 Å². The van der Waals surface area contributed by atoms with Crippen LogP contribution in [0.5, 0.6) is 0 Å². The largest absolute Gasteiger partial charge is 0.388 e. The van der Waals surface area contributed by atoms with E-state index in [-0.39, 0.29) is 6.61 Å². The predicted molar refractivity (Wildman–Crippen MR) is 45.0 cm³/mol. The maximum absolute atomic E-state index is 8.94. The molecule has 1 saturated carbocycles. The Hall–Kier alpha value is -0.940. The molecule has 1 aliphatic rings. The molecule has 1 heterocycles. The van der Waals surface area contributed by atoms with Crippen LogP contribution in [-0.2, 0) is 11.3 Å². The smallest absolute Gasteiger partial charge is 0.158 e. The molecule has 0 aliphatic heterocycles. The van der Waals surface area contributed by atoms with Crippen LogP contribution in [0.3, 0.4) is 0 Å². The molecular weight excluding hydrogens is 170 g/mol. The molecule has 0 atom stereocenters. The fourth-order valence-electron chi connectivity index (χ4n) is 1.64. The van der Waals surface area contributed by atoms with E-state index in [0.717, 1.165) is 12.8 Å². The first-order chi connectivity index (χ1) is 6.35. The van der Waals surface area contributed by atoms with Crippen molar-refractivity contribution in [3.8, 4) is 0 Å². The summed E-state index contributed by atoms with van der Waals surface area (Å²) in [4.78, 5) is 0. The maximum atomic E-state index is 8.94. The quantitative estimate of drug-likeness (QED) is 0.723. The van der Waals surface area contributed by atoms with Crippen molar-refractivity contribution < 1.29 is 9.84 Å². The number of hydrogen-bond donors (Lipinski definition) is 1. The molecule has 13 heavy (non-hydrogen) atoms. The lowest BCUT2D eigenvalue weighted by molar-refractivity contribution is 0.00437. The zero-order valence-corrected chi connectivity index (χ0v) is 7.55. The van der Waals surface area contributed by atoms with E-state index < -0.39 is 0 Å². The zero-order chi connectivity index (χ0) is 9.26. The van der Waals surface area contributed by atoms with Crippen molar-refractivity contribution in [2.45, 2.75) is 31.6 Å². The van der Waals surface area contributed by atoms with Gasteiger partial charge in [0.1, 0.15) is 12.9 Å². The summed E-state index contributed by atoms with van der Waals surface area (Å²) in [7, 11) is 1.72. The van der Waals surface area contributed by atoms with E-state index in [2.05, 4.69) is 10.2 Å². The number of aromatic nitrogens is 3. The lowest BCUT2D eigenvalue weighted by Gasteiger charge is -2.35. The Morgan fingerprint density at radius 1 is 1.69 bits per heavy atom. The molecule has 72 valence electrons. The van der Waals surface area contributed by atoms with Gasteiger partial charge in [-0.1, -0.05) is 0 Å². The van der Waals surface area contributed by atoms with Gasteiger partial charge in [0.25, 0.3) is 0 Å². The van der Waals surface area contributed by atoms with E-state index >= 15 is 0 Å². The number of ether oxygens (including phenoxy) is 1. The van der Waals surface area contributed by atoms with Gasteiger partial charge in [-0.2, -0.15) is 0 Å². The summed E-state index contributed by atoms with van der Waals surface area (Å²) < 4.78 is 7.10. The van der Waals surface area contributed by atoms with Crippen LogP contribution < -0.4 is 0 Å². The molecule has 0 spiro atoms. The molecule has 1 aromatic heterocycles. The van der Waals surface area contributed by atoms with Crippen LogP contribution in [0, 0.1) is 0 Å². The van der Waals surface area contributed by atoms with Gasteiger partial charge in [-0.05, 0) is 12.8 Å². The van der Waals surface area contributed by atoms with Crippen LogP contribution >= 0.6 is 0 Å². The van der Waals surface area contributed by atoms with E-state index in [9.17, 15) is 0 Å². The Bertz CT molecular complexity index is 281. The Morgan fingerprint density at radius 2 is 2.46 bits per heavy atom. The summed E-state index contributed by atoms with van der Waals surface area (Å²) >= 11 is 0. The van der Waals surface area contributed by atoms with Crippen molar-refractivity contribution in [2.75, 3.05) is 7.11 Å². The van der Waals surface area contributed by atoms with Crippen molar-refractivity contribution in [2.24, 2.45) is 0 Å². The second-order valence-electron chi connectivity index (χ2n) is 3.30. The highest BCUT2D eigenvalue weighted by molar-refractivity contribution is 4.93. The third kappa shape index (κ3) is 1.45. The number of rotatable bonds is 3. The summed E-state index contributed by atoms with van der Waals surface area (Å²) in [5.74, 6) is 0.638. The lowest BCUT2D eigenvalue weighted by Crippen LogP contribution is -2.33. The highest BCUT2D eigenvalue weighted by atomic mass is 16.5. The van der Waals surface area contributed by atoms with Gasteiger partial charge in [-0.3, -0.25) is 0 Å². The molecule has 2 rings (SSSR count). The Balaban J connectivity index is 2.02. The van der Waals surface area contributed by atoms with Crippen LogP contribution in [-0.4, -0.2) is 33.1 Å². The van der Waals surface area contributed by atoms with E-state index in [4.69, 9.17) is 9.84 Å². The molecule has 0 amide bonds. The molecular formula is C8H13N3O2. The first-order valence-corrected chi connectivity index (χ1v) is 4.37. The predicted octanol–water partition coefficient (Wildman–Crippen LogP) is 0.120. The Morgan fingerprint density at radius 3 is 3.08 bits per heavy atom. The van der Waals surface area contributed by atoms with Gasteiger partial charge in [-0.15, -0.1) is 10.2 Å². The van der Waals surface area contributed by atoms with Gasteiger partial charge in [0, 0.05) is 13.2 Å². The summed E-state index contributed by atoms with van der Waals surface area (Å²) in [6.45, 7) is -0.0475. The SMILES string of the molecule is COC1CC(n2cnnc2CO)C1. The molecule has 0 bridgehead atoms. The Labute approximate surface area is 76.3 Å². The molecule has 1 aliphatic carbocycles. The van der Waals surface area contributed by atoms with Gasteiger partial charge >= 0.3 is 0 Å². The second kappa shape index (κ2) is 3.43. The fraction of sp³-hybridized carbons (Fsp3) is 0.750. The van der Waals surface area contributed by atoms with E-state index in [0.29, 0.717) is 18.0 Å². The molecule has 1 fully saturated rings. The minimum atomic E-state index is -0.0475. The van der Waals surface area contributed by atoms with Crippen LogP contribution in [0.25, 0.3) is 0 Å². The van der Waals surface area contributed by atoms with Crippen molar-refractivity contribution >= 4 is 0 Å². The molecule has 0 radical (unpaired) electrons. The Kier molecular flexibility index (Phi) is 2.28. The number of aliphatic hydroxyl groups excluding tert-OH is 1. The number of hydrogen-bond acceptors (Lipinski definition) is 4. The van der Waals surface area contributed by atoms with Crippen LogP contribution in [0.4, 0.5) is 0 Å². The maximum Gasteiger partial charge on any atom is 0.158 e. The second-order valence-corrected chi connectivity index (χ2v) is 3.30. The highest BCUT2D eigenvalue weighted by Gasteiger charge is 2.31. The van der Waals surface area contributed by atoms with Gasteiger partial charge in [0.05, 0.1) is 6.10 Å². The third-order valence-electron chi connectivity index (χ3n) is 2.59. The van der Waals surface area contributed by atoms with Gasteiger partial charge in [-0.25, -0.2) is 0 Å². The van der Waals surface area contributed by atoms with E-state index in [1.54, 1.807) is 13.4 Å². The van der Waals surface area contributed by atoms with Crippen molar-refractivity contribution in [3.05, 3.63) is 12.2 Å². The third-order valence-corrected chi connectivity index (χ3v) is 2.59. The van der Waals surface area contributed by atoms with E-state index in [1.807, 2.05) is 4.57 Å².